The van der Waals surface area contributed by atoms with Crippen LogP contribution in [0.1, 0.15) is 54.2 Å². The molecule has 5 nitrogen and oxygen atoms in total. The molecule has 1 aromatic heterocycles. The van der Waals surface area contributed by atoms with E-state index in [1.807, 2.05) is 77.5 Å². The van der Waals surface area contributed by atoms with Crippen molar-refractivity contribution in [1.29, 1.82) is 0 Å². The summed E-state index contributed by atoms with van der Waals surface area (Å²) >= 11 is 0. The molecule has 1 aliphatic rings. The maximum atomic E-state index is 14.2. The van der Waals surface area contributed by atoms with E-state index in [0.717, 1.165) is 53.9 Å². The highest BCUT2D eigenvalue weighted by atomic mass is 16.5. The zero-order valence-corrected chi connectivity index (χ0v) is 20.3. The second-order valence-corrected chi connectivity index (χ2v) is 9.11. The van der Waals surface area contributed by atoms with Crippen LogP contribution in [0.2, 0.25) is 0 Å². The van der Waals surface area contributed by atoms with E-state index >= 15 is 0 Å². The molecule has 35 heavy (non-hydrogen) atoms. The number of carbonyl (C=O) groups excluding carboxylic acids is 1. The number of para-hydroxylation sites is 1. The van der Waals surface area contributed by atoms with Crippen molar-refractivity contribution in [2.75, 3.05) is 7.11 Å². The number of ether oxygens (including phenoxy) is 1. The number of amides is 1. The van der Waals surface area contributed by atoms with E-state index in [4.69, 9.17) is 9.84 Å². The molecule has 3 aromatic carbocycles. The molecule has 178 valence electrons. The second-order valence-electron chi connectivity index (χ2n) is 9.11. The summed E-state index contributed by atoms with van der Waals surface area (Å²) in [5.41, 5.74) is 4.83. The Bertz CT molecular complexity index is 1310. The van der Waals surface area contributed by atoms with Crippen molar-refractivity contribution in [1.82, 2.24) is 15.1 Å². The molecule has 5 rings (SSSR count). The number of nitrogens with zero attached hydrogens (tertiary/aromatic N) is 2. The first kappa shape index (κ1) is 22.9. The van der Waals surface area contributed by atoms with Gasteiger partial charge in [-0.05, 0) is 49.1 Å². The maximum absolute atomic E-state index is 14.2. The fourth-order valence-electron chi connectivity index (χ4n) is 5.26. The van der Waals surface area contributed by atoms with Gasteiger partial charge in [0.15, 0.2) is 0 Å². The van der Waals surface area contributed by atoms with Crippen LogP contribution < -0.4 is 10.1 Å². The van der Waals surface area contributed by atoms with Gasteiger partial charge in [0.2, 0.25) is 0 Å². The van der Waals surface area contributed by atoms with Crippen molar-refractivity contribution in [2.24, 2.45) is 0 Å². The van der Waals surface area contributed by atoms with E-state index in [-0.39, 0.29) is 5.91 Å². The Hall–Kier alpha value is -3.86. The van der Waals surface area contributed by atoms with Crippen LogP contribution in [0.15, 0.2) is 84.9 Å². The monoisotopic (exact) mass is 465 g/mol. The van der Waals surface area contributed by atoms with Crippen LogP contribution in [0, 0.1) is 0 Å². The molecule has 1 saturated carbocycles. The van der Waals surface area contributed by atoms with Crippen LogP contribution >= 0.6 is 0 Å². The summed E-state index contributed by atoms with van der Waals surface area (Å²) in [6.07, 6.45) is 4.64. The predicted octanol–water partition coefficient (Wildman–Crippen LogP) is 6.31. The lowest BCUT2D eigenvalue weighted by Crippen LogP contribution is -2.44. The molecule has 1 aliphatic carbocycles. The highest BCUT2D eigenvalue weighted by Crippen LogP contribution is 2.40. The fraction of sp³-hybridized carbons (Fsp3) is 0.267. The first-order valence-corrected chi connectivity index (χ1v) is 12.3. The molecule has 0 bridgehead atoms. The molecular formula is C30H31N3O2. The van der Waals surface area contributed by atoms with Gasteiger partial charge in [0.25, 0.3) is 5.91 Å². The fourth-order valence-corrected chi connectivity index (χ4v) is 5.26. The van der Waals surface area contributed by atoms with E-state index in [1.54, 1.807) is 7.11 Å². The molecule has 0 aliphatic heterocycles. The number of benzene rings is 3. The lowest BCUT2D eigenvalue weighted by atomic mass is 9.87. The maximum Gasteiger partial charge on any atom is 0.256 e. The number of carbonyl (C=O) groups is 1. The summed E-state index contributed by atoms with van der Waals surface area (Å²) in [4.78, 5) is 14.2. The smallest absolute Gasteiger partial charge is 0.256 e. The Morgan fingerprint density at radius 1 is 0.971 bits per heavy atom. The average Bonchev–Trinajstić information content (AvgIpc) is 3.55. The van der Waals surface area contributed by atoms with Crippen molar-refractivity contribution in [3.63, 3.8) is 0 Å². The van der Waals surface area contributed by atoms with Gasteiger partial charge in [-0.25, -0.2) is 4.68 Å². The minimum atomic E-state index is -0.417. The van der Waals surface area contributed by atoms with Crippen molar-refractivity contribution >= 4 is 5.91 Å². The molecule has 1 N–H and O–H groups in total. The number of hydrogen-bond acceptors (Lipinski definition) is 3. The summed E-state index contributed by atoms with van der Waals surface area (Å²) < 4.78 is 7.41. The van der Waals surface area contributed by atoms with Crippen molar-refractivity contribution < 1.29 is 9.53 Å². The highest BCUT2D eigenvalue weighted by Gasteiger charge is 2.39. The molecule has 0 spiro atoms. The third-order valence-electron chi connectivity index (χ3n) is 7.02. The summed E-state index contributed by atoms with van der Waals surface area (Å²) in [5, 5.41) is 8.45. The number of methoxy groups -OCH3 is 1. The Kier molecular flexibility index (Phi) is 6.41. The van der Waals surface area contributed by atoms with E-state index in [1.165, 1.54) is 0 Å². The van der Waals surface area contributed by atoms with Gasteiger partial charge in [-0.1, -0.05) is 80.4 Å². The van der Waals surface area contributed by atoms with Crippen LogP contribution in [0.25, 0.3) is 16.9 Å². The first-order chi connectivity index (χ1) is 17.1. The zero-order chi connectivity index (χ0) is 24.3. The Balaban J connectivity index is 1.62. The lowest BCUT2D eigenvalue weighted by molar-refractivity contribution is 0.0897. The lowest BCUT2D eigenvalue weighted by Gasteiger charge is -2.31. The van der Waals surface area contributed by atoms with Gasteiger partial charge in [0.1, 0.15) is 11.4 Å². The quantitative estimate of drug-likeness (QED) is 0.348. The second kappa shape index (κ2) is 9.79. The van der Waals surface area contributed by atoms with E-state index in [2.05, 4.69) is 24.4 Å². The molecule has 1 heterocycles. The van der Waals surface area contributed by atoms with E-state index < -0.39 is 5.54 Å². The minimum Gasteiger partial charge on any atom is -0.497 e. The van der Waals surface area contributed by atoms with Crippen LogP contribution in [0.5, 0.6) is 5.75 Å². The molecule has 0 saturated heterocycles. The van der Waals surface area contributed by atoms with E-state index in [0.29, 0.717) is 17.7 Å². The van der Waals surface area contributed by atoms with Crippen molar-refractivity contribution in [2.45, 2.75) is 44.6 Å². The molecule has 0 radical (unpaired) electrons. The number of hydrogen-bond donors (Lipinski definition) is 1. The SMILES string of the molecule is CCc1c(C(=O)NC2(c3cccc(OC)c3)CCCC2)c(-c2ccccc2)nn1-c1ccccc1. The highest BCUT2D eigenvalue weighted by molar-refractivity contribution is 6.02. The molecule has 0 atom stereocenters. The van der Waals surface area contributed by atoms with Crippen LogP contribution in [-0.4, -0.2) is 22.8 Å². The number of aromatic nitrogens is 2. The predicted molar refractivity (Wildman–Crippen MR) is 139 cm³/mol. The van der Waals surface area contributed by atoms with Crippen molar-refractivity contribution in [3.8, 4) is 22.7 Å². The molecule has 1 amide bonds. The van der Waals surface area contributed by atoms with Gasteiger partial charge < -0.3 is 10.1 Å². The summed E-state index contributed by atoms with van der Waals surface area (Å²) in [5.74, 6) is 0.728. The molecule has 4 aromatic rings. The Morgan fingerprint density at radius 3 is 2.31 bits per heavy atom. The standard InChI is InChI=1S/C30H31N3O2/c1-3-26-27(28(22-13-6-4-7-14-22)32-33(26)24-16-8-5-9-17-24)29(34)31-30(19-10-11-20-30)23-15-12-18-25(21-23)35-2/h4-9,12-18,21H,3,10-11,19-20H2,1-2H3,(H,31,34). The molecule has 5 heteroatoms. The average molecular weight is 466 g/mol. The van der Waals surface area contributed by atoms with Gasteiger partial charge in [-0.15, -0.1) is 0 Å². The van der Waals surface area contributed by atoms with E-state index in [9.17, 15) is 4.79 Å². The molecule has 0 unspecified atom stereocenters. The van der Waals surface area contributed by atoms with Crippen LogP contribution in [0.4, 0.5) is 0 Å². The molecule has 1 fully saturated rings. The summed E-state index contributed by atoms with van der Waals surface area (Å²) in [6.45, 7) is 2.08. The van der Waals surface area contributed by atoms with Crippen LogP contribution in [-0.2, 0) is 12.0 Å². The van der Waals surface area contributed by atoms with Gasteiger partial charge in [-0.2, -0.15) is 5.10 Å². The van der Waals surface area contributed by atoms with Gasteiger partial charge in [-0.3, -0.25) is 4.79 Å². The van der Waals surface area contributed by atoms with Crippen molar-refractivity contribution in [3.05, 3.63) is 102 Å². The van der Waals surface area contributed by atoms with Crippen LogP contribution in [0.3, 0.4) is 0 Å². The van der Waals surface area contributed by atoms with Gasteiger partial charge in [0.05, 0.1) is 29.6 Å². The Labute approximate surface area is 206 Å². The number of rotatable bonds is 7. The third kappa shape index (κ3) is 4.34. The summed E-state index contributed by atoms with van der Waals surface area (Å²) in [6, 6.07) is 28.1. The minimum absolute atomic E-state index is 0.0763. The number of nitrogens with one attached hydrogen (secondary N) is 1. The largest absolute Gasteiger partial charge is 0.497 e. The third-order valence-corrected chi connectivity index (χ3v) is 7.02. The Morgan fingerprint density at radius 2 is 1.66 bits per heavy atom. The van der Waals surface area contributed by atoms with Gasteiger partial charge in [0, 0.05) is 5.56 Å². The normalized spacial score (nSPS) is 14.6. The first-order valence-electron chi connectivity index (χ1n) is 12.3. The summed E-state index contributed by atoms with van der Waals surface area (Å²) in [7, 11) is 1.68. The topological polar surface area (TPSA) is 56.1 Å². The van der Waals surface area contributed by atoms with Gasteiger partial charge >= 0.3 is 0 Å². The zero-order valence-electron chi connectivity index (χ0n) is 20.3. The molecular weight excluding hydrogens is 434 g/mol.